The molecule has 21 heavy (non-hydrogen) atoms. The zero-order valence-electron chi connectivity index (χ0n) is 12.4. The summed E-state index contributed by atoms with van der Waals surface area (Å²) in [4.78, 5) is 0. The molecular formula is C16H21Cl2N3. The zero-order valence-corrected chi connectivity index (χ0v) is 14.0. The molecule has 2 rings (SSSR count). The molecule has 1 unspecified atom stereocenters. The first-order chi connectivity index (χ1) is 10.1. The Bertz CT molecular complexity index is 560. The summed E-state index contributed by atoms with van der Waals surface area (Å²) >= 11 is 12.7. The van der Waals surface area contributed by atoms with Gasteiger partial charge in [-0.1, -0.05) is 36.2 Å². The Hall–Kier alpha value is -1.03. The summed E-state index contributed by atoms with van der Waals surface area (Å²) in [5.41, 5.74) is 2.22. The predicted octanol–water partition coefficient (Wildman–Crippen LogP) is 4.40. The molecule has 0 aliphatic heterocycles. The molecule has 2 aromatic rings. The van der Waals surface area contributed by atoms with Crippen molar-refractivity contribution in [1.29, 1.82) is 0 Å². The van der Waals surface area contributed by atoms with Crippen molar-refractivity contribution in [2.45, 2.75) is 32.2 Å². The van der Waals surface area contributed by atoms with E-state index in [9.17, 15) is 0 Å². The third kappa shape index (κ3) is 4.47. The second kappa shape index (κ2) is 7.83. The van der Waals surface area contributed by atoms with Crippen LogP contribution in [0.3, 0.4) is 0 Å². The zero-order chi connectivity index (χ0) is 15.2. The van der Waals surface area contributed by atoms with Gasteiger partial charge in [-0.15, -0.1) is 0 Å². The van der Waals surface area contributed by atoms with Crippen molar-refractivity contribution in [3.63, 3.8) is 0 Å². The monoisotopic (exact) mass is 325 g/mol. The molecule has 0 radical (unpaired) electrons. The normalized spacial score (nSPS) is 12.6. The molecule has 1 heterocycles. The van der Waals surface area contributed by atoms with Gasteiger partial charge in [0.05, 0.1) is 6.20 Å². The molecule has 0 bridgehead atoms. The van der Waals surface area contributed by atoms with Gasteiger partial charge >= 0.3 is 0 Å². The van der Waals surface area contributed by atoms with Crippen LogP contribution in [-0.4, -0.2) is 16.3 Å². The summed E-state index contributed by atoms with van der Waals surface area (Å²) in [7, 11) is 1.93. The van der Waals surface area contributed by atoms with Crippen molar-refractivity contribution >= 4 is 23.2 Å². The van der Waals surface area contributed by atoms with Gasteiger partial charge in [-0.05, 0) is 43.5 Å². The molecule has 0 spiro atoms. The Balaban J connectivity index is 2.13. The second-order valence-electron chi connectivity index (χ2n) is 5.20. The second-order valence-corrected chi connectivity index (χ2v) is 6.02. The molecule has 1 N–H and O–H groups in total. The van der Waals surface area contributed by atoms with Gasteiger partial charge in [0, 0.05) is 34.9 Å². The van der Waals surface area contributed by atoms with Gasteiger partial charge in [0.25, 0.3) is 0 Å². The maximum atomic E-state index is 6.35. The topological polar surface area (TPSA) is 29.9 Å². The van der Waals surface area contributed by atoms with Crippen LogP contribution >= 0.6 is 23.2 Å². The first kappa shape index (κ1) is 16.3. The van der Waals surface area contributed by atoms with E-state index in [0.717, 1.165) is 41.4 Å². The van der Waals surface area contributed by atoms with E-state index in [0.29, 0.717) is 0 Å². The number of rotatable bonds is 7. The smallest absolute Gasteiger partial charge is 0.0521 e. The first-order valence-electron chi connectivity index (χ1n) is 7.26. The summed E-state index contributed by atoms with van der Waals surface area (Å²) in [6.45, 7) is 3.10. The van der Waals surface area contributed by atoms with Crippen LogP contribution in [-0.2, 0) is 13.5 Å². The Morgan fingerprint density at radius 2 is 2.00 bits per heavy atom. The molecule has 5 heteroatoms. The van der Waals surface area contributed by atoms with E-state index in [4.69, 9.17) is 23.2 Å². The molecule has 1 aromatic heterocycles. The molecule has 0 aliphatic carbocycles. The lowest BCUT2D eigenvalue weighted by atomic mass is 9.99. The highest BCUT2D eigenvalue weighted by Crippen LogP contribution is 2.32. The van der Waals surface area contributed by atoms with E-state index in [-0.39, 0.29) is 6.04 Å². The van der Waals surface area contributed by atoms with Gasteiger partial charge in [0.15, 0.2) is 0 Å². The van der Waals surface area contributed by atoms with Crippen LogP contribution < -0.4 is 5.32 Å². The number of aromatic nitrogens is 2. The SMILES string of the molecule is CCCNC(CCc1cnn(C)c1)c1c(Cl)cccc1Cl. The molecule has 0 fully saturated rings. The highest BCUT2D eigenvalue weighted by molar-refractivity contribution is 6.36. The third-order valence-electron chi connectivity index (χ3n) is 3.47. The minimum absolute atomic E-state index is 0.159. The van der Waals surface area contributed by atoms with Crippen molar-refractivity contribution in [3.05, 3.63) is 51.8 Å². The fraction of sp³-hybridized carbons (Fsp3) is 0.438. The van der Waals surface area contributed by atoms with Crippen molar-refractivity contribution in [2.75, 3.05) is 6.54 Å². The molecule has 1 atom stereocenters. The molecule has 114 valence electrons. The minimum Gasteiger partial charge on any atom is -0.310 e. The van der Waals surface area contributed by atoms with Gasteiger partial charge in [-0.2, -0.15) is 5.10 Å². The number of hydrogen-bond acceptors (Lipinski definition) is 2. The van der Waals surface area contributed by atoms with Gasteiger partial charge in [0.1, 0.15) is 0 Å². The van der Waals surface area contributed by atoms with Crippen molar-refractivity contribution in [1.82, 2.24) is 15.1 Å². The molecule has 0 aliphatic rings. The number of nitrogens with one attached hydrogen (secondary N) is 1. The van der Waals surface area contributed by atoms with Gasteiger partial charge in [0.2, 0.25) is 0 Å². The number of halogens is 2. The molecular weight excluding hydrogens is 305 g/mol. The Morgan fingerprint density at radius 1 is 1.29 bits per heavy atom. The van der Waals surface area contributed by atoms with Crippen LogP contribution in [0, 0.1) is 0 Å². The van der Waals surface area contributed by atoms with Crippen molar-refractivity contribution in [2.24, 2.45) is 7.05 Å². The highest BCUT2D eigenvalue weighted by atomic mass is 35.5. The van der Waals surface area contributed by atoms with Crippen molar-refractivity contribution < 1.29 is 0 Å². The third-order valence-corrected chi connectivity index (χ3v) is 4.13. The van der Waals surface area contributed by atoms with Crippen LogP contribution in [0.15, 0.2) is 30.6 Å². The highest BCUT2D eigenvalue weighted by Gasteiger charge is 2.17. The lowest BCUT2D eigenvalue weighted by Gasteiger charge is -2.21. The molecule has 0 saturated heterocycles. The van der Waals surface area contributed by atoms with E-state index < -0.39 is 0 Å². The quantitative estimate of drug-likeness (QED) is 0.817. The predicted molar refractivity (Wildman–Crippen MR) is 89.0 cm³/mol. The summed E-state index contributed by atoms with van der Waals surface area (Å²) < 4.78 is 1.83. The fourth-order valence-electron chi connectivity index (χ4n) is 2.42. The number of hydrogen-bond donors (Lipinski definition) is 1. The van der Waals surface area contributed by atoms with Crippen LogP contribution in [0.1, 0.15) is 36.9 Å². The van der Waals surface area contributed by atoms with E-state index in [1.807, 2.05) is 42.3 Å². The van der Waals surface area contributed by atoms with E-state index in [1.165, 1.54) is 5.56 Å². The average Bonchev–Trinajstić information content (AvgIpc) is 2.86. The van der Waals surface area contributed by atoms with E-state index >= 15 is 0 Å². The van der Waals surface area contributed by atoms with E-state index in [2.05, 4.69) is 17.3 Å². The van der Waals surface area contributed by atoms with Crippen LogP contribution in [0.5, 0.6) is 0 Å². The first-order valence-corrected chi connectivity index (χ1v) is 8.02. The molecule has 3 nitrogen and oxygen atoms in total. The number of benzene rings is 1. The molecule has 0 saturated carbocycles. The minimum atomic E-state index is 0.159. The van der Waals surface area contributed by atoms with Crippen molar-refractivity contribution in [3.8, 4) is 0 Å². The lowest BCUT2D eigenvalue weighted by molar-refractivity contribution is 0.499. The average molecular weight is 326 g/mol. The van der Waals surface area contributed by atoms with Gasteiger partial charge in [-0.3, -0.25) is 4.68 Å². The summed E-state index contributed by atoms with van der Waals surface area (Å²) in [6, 6.07) is 5.83. The summed E-state index contributed by atoms with van der Waals surface area (Å²) in [5, 5.41) is 9.21. The number of nitrogens with zero attached hydrogens (tertiary/aromatic N) is 2. The van der Waals surface area contributed by atoms with E-state index in [1.54, 1.807) is 0 Å². The fourth-order valence-corrected chi connectivity index (χ4v) is 3.08. The van der Waals surface area contributed by atoms with Crippen LogP contribution in [0.25, 0.3) is 0 Å². The maximum absolute atomic E-state index is 6.35. The lowest BCUT2D eigenvalue weighted by Crippen LogP contribution is -2.23. The summed E-state index contributed by atoms with van der Waals surface area (Å²) in [6.07, 6.45) is 6.91. The maximum Gasteiger partial charge on any atom is 0.0521 e. The van der Waals surface area contributed by atoms with Gasteiger partial charge in [-0.25, -0.2) is 0 Å². The van der Waals surface area contributed by atoms with Gasteiger partial charge < -0.3 is 5.32 Å². The van der Waals surface area contributed by atoms with Crippen LogP contribution in [0.2, 0.25) is 10.0 Å². The standard InChI is InChI=1S/C16H21Cl2N3/c1-3-9-19-15(8-7-12-10-20-21(2)11-12)16-13(17)5-4-6-14(16)18/h4-6,10-11,15,19H,3,7-9H2,1-2H3. The Morgan fingerprint density at radius 3 is 2.57 bits per heavy atom. The number of aryl methyl sites for hydroxylation is 2. The van der Waals surface area contributed by atoms with Crippen LogP contribution in [0.4, 0.5) is 0 Å². The molecule has 1 aromatic carbocycles. The Labute approximate surface area is 136 Å². The Kier molecular flexibility index (Phi) is 6.09. The molecule has 0 amide bonds. The summed E-state index contributed by atoms with van der Waals surface area (Å²) in [5.74, 6) is 0. The largest absolute Gasteiger partial charge is 0.310 e.